The topological polar surface area (TPSA) is 63.6 Å². The first kappa shape index (κ1) is 7.69. The zero-order valence-electron chi connectivity index (χ0n) is 4.11. The standard InChI is InChI=1S/C3H5O4P/c4-2-1-3-7-8(5)6/h2H,1,3H2/p+1. The highest BCUT2D eigenvalue weighted by Gasteiger charge is 2.09. The molecule has 0 spiro atoms. The zero-order valence-corrected chi connectivity index (χ0v) is 5.01. The smallest absolute Gasteiger partial charge is 0.303 e. The molecule has 0 heterocycles. The van der Waals surface area contributed by atoms with Gasteiger partial charge in [0.15, 0.2) is 0 Å². The van der Waals surface area contributed by atoms with Gasteiger partial charge in [-0.3, -0.25) is 0 Å². The Bertz CT molecular complexity index is 91.3. The number of aldehydes is 1. The van der Waals surface area contributed by atoms with Crippen LogP contribution in [0.25, 0.3) is 0 Å². The van der Waals surface area contributed by atoms with Crippen LogP contribution in [0.3, 0.4) is 0 Å². The summed E-state index contributed by atoms with van der Waals surface area (Å²) in [7, 11) is -2.52. The van der Waals surface area contributed by atoms with Crippen molar-refractivity contribution in [2.75, 3.05) is 6.61 Å². The molecule has 0 aromatic heterocycles. The van der Waals surface area contributed by atoms with Gasteiger partial charge in [0.25, 0.3) is 0 Å². The Kier molecular flexibility index (Phi) is 4.65. The Morgan fingerprint density at radius 1 is 1.75 bits per heavy atom. The second kappa shape index (κ2) is 4.84. The molecule has 8 heavy (non-hydrogen) atoms. The molecule has 0 amide bonds. The molecule has 0 aliphatic carbocycles. The van der Waals surface area contributed by atoms with Crippen LogP contribution in [0.15, 0.2) is 0 Å². The lowest BCUT2D eigenvalue weighted by Crippen LogP contribution is -1.85. The Morgan fingerprint density at radius 3 is 2.75 bits per heavy atom. The summed E-state index contributed by atoms with van der Waals surface area (Å²) in [5.41, 5.74) is 0. The maximum atomic E-state index is 9.68. The van der Waals surface area contributed by atoms with Gasteiger partial charge in [-0.1, -0.05) is 0 Å². The number of carbonyl (C=O) groups excluding carboxylic acids is 1. The Balaban J connectivity index is 2.93. The summed E-state index contributed by atoms with van der Waals surface area (Å²) in [6, 6.07) is 0. The summed E-state index contributed by atoms with van der Waals surface area (Å²) in [5, 5.41) is 0. The lowest BCUT2D eigenvalue weighted by Gasteiger charge is -1.76. The minimum absolute atomic E-state index is 0.0230. The van der Waals surface area contributed by atoms with E-state index in [-0.39, 0.29) is 13.0 Å². The first-order valence-corrected chi connectivity index (χ1v) is 3.13. The third-order valence-electron chi connectivity index (χ3n) is 0.437. The van der Waals surface area contributed by atoms with Crippen molar-refractivity contribution >= 4 is 14.5 Å². The SMILES string of the molecule is O=CCCO[P+](=O)O. The van der Waals surface area contributed by atoms with Crippen LogP contribution in [0.5, 0.6) is 0 Å². The average molecular weight is 137 g/mol. The van der Waals surface area contributed by atoms with E-state index in [1.807, 2.05) is 0 Å². The molecule has 1 N–H and O–H groups in total. The van der Waals surface area contributed by atoms with Gasteiger partial charge in [-0.2, -0.15) is 0 Å². The van der Waals surface area contributed by atoms with E-state index in [0.29, 0.717) is 6.29 Å². The fourth-order valence-corrected chi connectivity index (χ4v) is 0.441. The first-order valence-electron chi connectivity index (χ1n) is 2.00. The van der Waals surface area contributed by atoms with Crippen LogP contribution in [0.1, 0.15) is 6.42 Å². The van der Waals surface area contributed by atoms with Gasteiger partial charge in [-0.25, -0.2) is 0 Å². The lowest BCUT2D eigenvalue weighted by atomic mass is 10.5. The lowest BCUT2D eigenvalue weighted by molar-refractivity contribution is -0.108. The number of hydrogen-bond acceptors (Lipinski definition) is 3. The van der Waals surface area contributed by atoms with Gasteiger partial charge in [0.2, 0.25) is 0 Å². The molecule has 46 valence electrons. The van der Waals surface area contributed by atoms with Crippen LogP contribution in [0, 0.1) is 0 Å². The number of hydrogen-bond donors (Lipinski definition) is 1. The van der Waals surface area contributed by atoms with E-state index >= 15 is 0 Å². The van der Waals surface area contributed by atoms with E-state index in [9.17, 15) is 9.36 Å². The molecule has 0 aliphatic heterocycles. The predicted molar refractivity (Wildman–Crippen MR) is 26.5 cm³/mol. The number of carbonyl (C=O) groups is 1. The van der Waals surface area contributed by atoms with Crippen molar-refractivity contribution in [3.63, 3.8) is 0 Å². The molecule has 0 radical (unpaired) electrons. The van der Waals surface area contributed by atoms with E-state index in [2.05, 4.69) is 4.52 Å². The third kappa shape index (κ3) is 5.69. The molecule has 0 rings (SSSR count). The normalized spacial score (nSPS) is 10.9. The fraction of sp³-hybridized carbons (Fsp3) is 0.667. The Morgan fingerprint density at radius 2 is 2.38 bits per heavy atom. The molecule has 5 heteroatoms. The van der Waals surface area contributed by atoms with Gasteiger partial charge in [-0.15, -0.1) is 9.42 Å². The van der Waals surface area contributed by atoms with Gasteiger partial charge < -0.3 is 4.79 Å². The number of rotatable bonds is 4. The third-order valence-corrected chi connectivity index (χ3v) is 0.841. The van der Waals surface area contributed by atoms with Crippen LogP contribution in [-0.2, 0) is 13.9 Å². The fourth-order valence-electron chi connectivity index (χ4n) is 0.179. The van der Waals surface area contributed by atoms with Crippen LogP contribution in [-0.4, -0.2) is 17.8 Å². The van der Waals surface area contributed by atoms with Gasteiger partial charge in [0.05, 0.1) is 0 Å². The minimum Gasteiger partial charge on any atom is -0.303 e. The Hall–Kier alpha value is -0.310. The molecule has 0 fully saturated rings. The second-order valence-corrected chi connectivity index (χ2v) is 1.76. The molecule has 0 aliphatic rings. The monoisotopic (exact) mass is 137 g/mol. The largest absolute Gasteiger partial charge is 0.694 e. The van der Waals surface area contributed by atoms with E-state index in [0.717, 1.165) is 0 Å². The van der Waals surface area contributed by atoms with Crippen molar-refractivity contribution in [3.8, 4) is 0 Å². The van der Waals surface area contributed by atoms with Crippen LogP contribution in [0.2, 0.25) is 0 Å². The van der Waals surface area contributed by atoms with E-state index < -0.39 is 8.25 Å². The van der Waals surface area contributed by atoms with Crippen molar-refractivity contribution in [2.45, 2.75) is 6.42 Å². The summed E-state index contributed by atoms with van der Waals surface area (Å²) in [5.74, 6) is 0. The van der Waals surface area contributed by atoms with E-state index in [1.54, 1.807) is 0 Å². The molecule has 0 bridgehead atoms. The maximum absolute atomic E-state index is 9.68. The van der Waals surface area contributed by atoms with Crippen LogP contribution >= 0.6 is 8.25 Å². The van der Waals surface area contributed by atoms with Crippen molar-refractivity contribution in [1.29, 1.82) is 0 Å². The molecule has 0 saturated heterocycles. The highest BCUT2D eigenvalue weighted by molar-refractivity contribution is 7.32. The van der Waals surface area contributed by atoms with Crippen molar-refractivity contribution in [1.82, 2.24) is 0 Å². The Labute approximate surface area is 47.4 Å². The molecule has 0 aromatic carbocycles. The predicted octanol–water partition coefficient (Wildman–Crippen LogP) is 0.242. The first-order chi connectivity index (χ1) is 3.77. The molecular weight excluding hydrogens is 131 g/mol. The highest BCUT2D eigenvalue weighted by atomic mass is 31.1. The quantitative estimate of drug-likeness (QED) is 0.342. The summed E-state index contributed by atoms with van der Waals surface area (Å²) in [6.07, 6.45) is 0.792. The molecule has 1 unspecified atom stereocenters. The summed E-state index contributed by atoms with van der Waals surface area (Å²) >= 11 is 0. The minimum atomic E-state index is -2.52. The van der Waals surface area contributed by atoms with Crippen LogP contribution in [0.4, 0.5) is 0 Å². The van der Waals surface area contributed by atoms with E-state index in [1.165, 1.54) is 0 Å². The maximum Gasteiger partial charge on any atom is 0.694 e. The van der Waals surface area contributed by atoms with Gasteiger partial charge in [0, 0.05) is 11.0 Å². The molecule has 1 atom stereocenters. The van der Waals surface area contributed by atoms with Gasteiger partial charge >= 0.3 is 8.25 Å². The highest BCUT2D eigenvalue weighted by Crippen LogP contribution is 2.13. The molecule has 4 nitrogen and oxygen atoms in total. The van der Waals surface area contributed by atoms with Gasteiger partial charge in [0.1, 0.15) is 12.9 Å². The van der Waals surface area contributed by atoms with Crippen molar-refractivity contribution < 1.29 is 18.8 Å². The summed E-state index contributed by atoms with van der Waals surface area (Å²) < 4.78 is 13.8. The zero-order chi connectivity index (χ0) is 6.41. The van der Waals surface area contributed by atoms with Crippen LogP contribution < -0.4 is 0 Å². The molecule has 0 aromatic rings. The molecular formula is C3H6O4P+. The van der Waals surface area contributed by atoms with Gasteiger partial charge in [-0.05, 0) is 0 Å². The van der Waals surface area contributed by atoms with Crippen molar-refractivity contribution in [2.24, 2.45) is 0 Å². The molecule has 0 saturated carbocycles. The summed E-state index contributed by atoms with van der Waals surface area (Å²) in [4.78, 5) is 17.5. The second-order valence-electron chi connectivity index (χ2n) is 1.03. The van der Waals surface area contributed by atoms with Crippen molar-refractivity contribution in [3.05, 3.63) is 0 Å². The summed E-state index contributed by atoms with van der Waals surface area (Å²) in [6.45, 7) is 0.0230. The van der Waals surface area contributed by atoms with E-state index in [4.69, 9.17) is 4.89 Å². The average Bonchev–Trinajstić information content (AvgIpc) is 1.66.